The highest BCUT2D eigenvalue weighted by molar-refractivity contribution is 5.98. The summed E-state index contributed by atoms with van der Waals surface area (Å²) in [6.07, 6.45) is 7.71. The van der Waals surface area contributed by atoms with Gasteiger partial charge in [0.25, 0.3) is 0 Å². The molecule has 3 saturated heterocycles. The van der Waals surface area contributed by atoms with E-state index in [0.29, 0.717) is 51.6 Å². The van der Waals surface area contributed by atoms with Crippen LogP contribution >= 0.6 is 0 Å². The molecule has 258 valence electrons. The van der Waals surface area contributed by atoms with Crippen molar-refractivity contribution >= 4 is 23.7 Å². The lowest BCUT2D eigenvalue weighted by molar-refractivity contribution is -0.164. The van der Waals surface area contributed by atoms with E-state index in [0.717, 1.165) is 24.8 Å². The third-order valence-corrected chi connectivity index (χ3v) is 10.2. The topological polar surface area (TPSA) is 117 Å². The maximum Gasteiger partial charge on any atom is 0.313 e. The van der Waals surface area contributed by atoms with Gasteiger partial charge in [0.15, 0.2) is 0 Å². The molecule has 2 bridgehead atoms. The number of carbonyl (C=O) groups excluding carboxylic acids is 4. The second kappa shape index (κ2) is 16.6. The van der Waals surface area contributed by atoms with E-state index in [-0.39, 0.29) is 30.9 Å². The molecule has 7 atom stereocenters. The summed E-state index contributed by atoms with van der Waals surface area (Å²) in [4.78, 5) is 60.9. The number of aliphatic hydroxyl groups is 1. The van der Waals surface area contributed by atoms with Gasteiger partial charge in [-0.05, 0) is 51.0 Å². The van der Waals surface area contributed by atoms with E-state index < -0.39 is 47.7 Å². The average Bonchev–Trinajstić information content (AvgIpc) is 3.72. The van der Waals surface area contributed by atoms with Crippen LogP contribution in [0.5, 0.6) is 0 Å². The van der Waals surface area contributed by atoms with E-state index in [1.165, 1.54) is 0 Å². The predicted octanol–water partition coefficient (Wildman–Crippen LogP) is 4.44. The number of hydrogen-bond donors (Lipinski definition) is 1. The molecule has 3 amide bonds. The van der Waals surface area contributed by atoms with Gasteiger partial charge < -0.3 is 29.3 Å². The van der Waals surface area contributed by atoms with Crippen LogP contribution in [0.2, 0.25) is 0 Å². The first kappa shape index (κ1) is 36.3. The first-order valence-corrected chi connectivity index (χ1v) is 17.3. The second-order valence-corrected chi connectivity index (χ2v) is 13.1. The maximum atomic E-state index is 14.4. The molecule has 1 spiro atoms. The largest absolute Gasteiger partial charge is 0.455 e. The Labute approximate surface area is 279 Å². The number of esters is 1. The number of unbranched alkanes of at least 4 members (excludes halogenated alkanes) is 3. The van der Waals surface area contributed by atoms with Crippen LogP contribution in [0.15, 0.2) is 55.6 Å². The molecule has 3 heterocycles. The van der Waals surface area contributed by atoms with Crippen molar-refractivity contribution in [1.29, 1.82) is 0 Å². The van der Waals surface area contributed by atoms with E-state index in [9.17, 15) is 24.3 Å². The van der Waals surface area contributed by atoms with Crippen LogP contribution in [-0.2, 0) is 28.7 Å². The number of fused-ring (bicyclic) bond motifs is 1. The van der Waals surface area contributed by atoms with Gasteiger partial charge in [0.2, 0.25) is 17.7 Å². The second-order valence-electron chi connectivity index (χ2n) is 13.1. The van der Waals surface area contributed by atoms with Crippen LogP contribution in [0.3, 0.4) is 0 Å². The highest BCUT2D eigenvalue weighted by Crippen LogP contribution is 2.59. The number of amides is 3. The summed E-state index contributed by atoms with van der Waals surface area (Å²) in [6.45, 7) is 12.7. The molecule has 3 aliphatic heterocycles. The lowest BCUT2D eigenvalue weighted by Gasteiger charge is -2.37. The molecule has 1 N–H and O–H groups in total. The van der Waals surface area contributed by atoms with Crippen molar-refractivity contribution in [2.45, 2.75) is 102 Å². The van der Waals surface area contributed by atoms with Gasteiger partial charge in [0.1, 0.15) is 17.7 Å². The SMILES string of the molecule is C=CCCC(=O)N(C)[C@@H](C)[C@@H](OC(=O)[C@@H]1[C@@H]2CC[C@]3(O2)[C@H](C(=O)N(CC=C)CCCCC)N(CCCCO)C(=O)[C@@H]13)c1ccccc1. The van der Waals surface area contributed by atoms with Gasteiger partial charge in [-0.3, -0.25) is 19.2 Å². The van der Waals surface area contributed by atoms with Gasteiger partial charge in [-0.15, -0.1) is 13.2 Å². The number of benzene rings is 1. The lowest BCUT2D eigenvalue weighted by Crippen LogP contribution is -2.56. The van der Waals surface area contributed by atoms with E-state index >= 15 is 0 Å². The molecule has 0 radical (unpaired) electrons. The zero-order chi connectivity index (χ0) is 34.1. The molecule has 1 aromatic carbocycles. The van der Waals surface area contributed by atoms with Gasteiger partial charge in [0, 0.05) is 39.7 Å². The number of aliphatic hydroxyl groups excluding tert-OH is 1. The zero-order valence-corrected chi connectivity index (χ0v) is 28.4. The molecule has 0 aromatic heterocycles. The smallest absolute Gasteiger partial charge is 0.313 e. The summed E-state index contributed by atoms with van der Waals surface area (Å²) < 4.78 is 12.9. The predicted molar refractivity (Wildman–Crippen MR) is 179 cm³/mol. The molecular formula is C37H53N3O7. The monoisotopic (exact) mass is 651 g/mol. The molecule has 0 aliphatic carbocycles. The van der Waals surface area contributed by atoms with Crippen molar-refractivity contribution in [3.8, 4) is 0 Å². The Morgan fingerprint density at radius 1 is 1.15 bits per heavy atom. The Kier molecular flexibility index (Phi) is 12.8. The van der Waals surface area contributed by atoms with E-state index in [4.69, 9.17) is 9.47 Å². The van der Waals surface area contributed by atoms with Crippen LogP contribution in [0.4, 0.5) is 0 Å². The van der Waals surface area contributed by atoms with Crippen molar-refractivity contribution in [3.05, 3.63) is 61.2 Å². The van der Waals surface area contributed by atoms with Crippen molar-refractivity contribution in [2.75, 3.05) is 33.3 Å². The highest BCUT2D eigenvalue weighted by atomic mass is 16.6. The third-order valence-electron chi connectivity index (χ3n) is 10.2. The van der Waals surface area contributed by atoms with Crippen LogP contribution in [0.1, 0.15) is 83.3 Å². The van der Waals surface area contributed by atoms with Gasteiger partial charge in [0.05, 0.1) is 24.0 Å². The maximum absolute atomic E-state index is 14.4. The molecule has 0 unspecified atom stereocenters. The van der Waals surface area contributed by atoms with Crippen LogP contribution in [0, 0.1) is 11.8 Å². The Morgan fingerprint density at radius 2 is 1.89 bits per heavy atom. The standard InChI is InChI=1S/C37H53N3O7/c1-6-9-14-23-39(22-8-3)35(44)33-37-21-20-28(47-37)30(31(37)34(43)40(33)24-15-16-25-41)36(45)46-32(27-17-12-11-13-18-27)26(4)38(5)29(42)19-10-7-2/h7-8,11-13,17-18,26,28,30-33,41H,2-3,6,9-10,14-16,19-25H2,1,4-5H3/t26-,28-,30+,31+,32+,33-,37+/m0/s1. The molecule has 47 heavy (non-hydrogen) atoms. The number of rotatable bonds is 19. The highest BCUT2D eigenvalue weighted by Gasteiger charge is 2.75. The number of ether oxygens (including phenoxy) is 2. The first-order chi connectivity index (χ1) is 22.7. The fourth-order valence-electron chi connectivity index (χ4n) is 7.63. The summed E-state index contributed by atoms with van der Waals surface area (Å²) in [5.74, 6) is -2.87. The van der Waals surface area contributed by atoms with Gasteiger partial charge in [-0.1, -0.05) is 62.2 Å². The first-order valence-electron chi connectivity index (χ1n) is 17.3. The molecule has 0 saturated carbocycles. The minimum absolute atomic E-state index is 0.0219. The molecule has 10 heteroatoms. The number of carbonyl (C=O) groups is 4. The number of hydrogen-bond acceptors (Lipinski definition) is 7. The Hall–Kier alpha value is -3.50. The molecule has 1 aromatic rings. The Balaban J connectivity index is 1.65. The van der Waals surface area contributed by atoms with Gasteiger partial charge in [-0.25, -0.2) is 0 Å². The number of likely N-dealkylation sites (N-methyl/N-ethyl adjacent to an activating group) is 1. The van der Waals surface area contributed by atoms with Gasteiger partial charge in [-0.2, -0.15) is 0 Å². The van der Waals surface area contributed by atoms with Crippen LogP contribution < -0.4 is 0 Å². The van der Waals surface area contributed by atoms with Crippen molar-refractivity contribution in [1.82, 2.24) is 14.7 Å². The minimum atomic E-state index is -1.14. The fraction of sp³-hybridized carbons (Fsp3) is 0.622. The molecule has 4 rings (SSSR count). The normalized spacial score (nSPS) is 25.6. The van der Waals surface area contributed by atoms with E-state index in [2.05, 4.69) is 20.1 Å². The van der Waals surface area contributed by atoms with Crippen LogP contribution in [0.25, 0.3) is 0 Å². The number of nitrogens with zero attached hydrogens (tertiary/aromatic N) is 3. The molecule has 3 aliphatic rings. The van der Waals surface area contributed by atoms with E-state index in [1.54, 1.807) is 33.9 Å². The van der Waals surface area contributed by atoms with E-state index in [1.807, 2.05) is 37.3 Å². The summed E-state index contributed by atoms with van der Waals surface area (Å²) in [7, 11) is 1.70. The Morgan fingerprint density at radius 3 is 2.55 bits per heavy atom. The minimum Gasteiger partial charge on any atom is -0.455 e. The average molecular weight is 652 g/mol. The third kappa shape index (κ3) is 7.49. The van der Waals surface area contributed by atoms with Crippen molar-refractivity contribution in [2.24, 2.45) is 11.8 Å². The zero-order valence-electron chi connectivity index (χ0n) is 28.4. The van der Waals surface area contributed by atoms with Crippen LogP contribution in [-0.4, -0.2) is 101 Å². The number of allylic oxidation sites excluding steroid dienone is 1. The van der Waals surface area contributed by atoms with Gasteiger partial charge >= 0.3 is 5.97 Å². The summed E-state index contributed by atoms with van der Waals surface area (Å²) in [5, 5.41) is 9.47. The molecule has 3 fully saturated rings. The molecular weight excluding hydrogens is 598 g/mol. The molecule has 10 nitrogen and oxygen atoms in total. The summed E-state index contributed by atoms with van der Waals surface area (Å²) in [5.41, 5.74) is -0.406. The van der Waals surface area contributed by atoms with Crippen molar-refractivity contribution < 1.29 is 33.8 Å². The quantitative estimate of drug-likeness (QED) is 0.134. The van der Waals surface area contributed by atoms with Crippen molar-refractivity contribution in [3.63, 3.8) is 0 Å². The number of likely N-dealkylation sites (tertiary alicyclic amines) is 1. The summed E-state index contributed by atoms with van der Waals surface area (Å²) in [6, 6.07) is 7.94. The summed E-state index contributed by atoms with van der Waals surface area (Å²) >= 11 is 0. The lowest BCUT2D eigenvalue weighted by atomic mass is 9.70. The Bertz CT molecular complexity index is 1270. The fourth-order valence-corrected chi connectivity index (χ4v) is 7.63.